The lowest BCUT2D eigenvalue weighted by Gasteiger charge is -2.27. The number of hydrogen-bond donors (Lipinski definition) is 0. The second-order valence-corrected chi connectivity index (χ2v) is 7.30. The van der Waals surface area contributed by atoms with Crippen LogP contribution in [0.2, 0.25) is 0 Å². The number of sulfonamides is 1. The Kier molecular flexibility index (Phi) is 5.22. The van der Waals surface area contributed by atoms with Gasteiger partial charge in [-0.2, -0.15) is 4.31 Å². The minimum absolute atomic E-state index is 0.0741. The lowest BCUT2D eigenvalue weighted by molar-refractivity contribution is 0.333. The van der Waals surface area contributed by atoms with Crippen LogP contribution in [0.25, 0.3) is 0 Å². The molecule has 0 unspecified atom stereocenters. The predicted molar refractivity (Wildman–Crippen MR) is 77.7 cm³/mol. The summed E-state index contributed by atoms with van der Waals surface area (Å²) in [5, 5.41) is 0. The van der Waals surface area contributed by atoms with Crippen LogP contribution in [0.4, 0.5) is 8.78 Å². The second-order valence-electron chi connectivity index (χ2n) is 5.17. The highest BCUT2D eigenvalue weighted by atomic mass is 35.5. The number of alkyl halides is 1. The molecule has 0 aromatic heterocycles. The van der Waals surface area contributed by atoms with E-state index >= 15 is 0 Å². The highest BCUT2D eigenvalue weighted by Gasteiger charge is 2.34. The van der Waals surface area contributed by atoms with Gasteiger partial charge in [-0.15, -0.1) is 11.6 Å². The number of nitrogens with zero attached hydrogens (tertiary/aromatic N) is 1. The highest BCUT2D eigenvalue weighted by molar-refractivity contribution is 7.89. The Morgan fingerprint density at radius 2 is 1.90 bits per heavy atom. The van der Waals surface area contributed by atoms with Gasteiger partial charge in [0.05, 0.1) is 0 Å². The molecular formula is C14H18ClF2NO2S. The van der Waals surface area contributed by atoms with Gasteiger partial charge in [0.1, 0.15) is 4.90 Å². The maximum atomic E-state index is 14.0. The van der Waals surface area contributed by atoms with Gasteiger partial charge >= 0.3 is 0 Å². The molecule has 1 fully saturated rings. The maximum Gasteiger partial charge on any atom is 0.246 e. The zero-order chi connectivity index (χ0) is 15.6. The summed E-state index contributed by atoms with van der Waals surface area (Å²) >= 11 is 5.62. The summed E-state index contributed by atoms with van der Waals surface area (Å²) in [6, 6.07) is 1.91. The molecule has 118 valence electrons. The zero-order valence-electron chi connectivity index (χ0n) is 11.8. The van der Waals surface area contributed by atoms with E-state index in [1.54, 1.807) is 6.92 Å². The molecule has 1 saturated carbocycles. The Balaban J connectivity index is 2.49. The Morgan fingerprint density at radius 1 is 1.29 bits per heavy atom. The van der Waals surface area contributed by atoms with E-state index in [1.807, 2.05) is 0 Å². The van der Waals surface area contributed by atoms with Crippen molar-refractivity contribution in [2.75, 3.05) is 6.54 Å². The molecule has 0 saturated heterocycles. The number of hydrogen-bond acceptors (Lipinski definition) is 2. The molecule has 0 radical (unpaired) electrons. The summed E-state index contributed by atoms with van der Waals surface area (Å²) in [7, 11) is -4.06. The number of benzene rings is 1. The summed E-state index contributed by atoms with van der Waals surface area (Å²) in [5.74, 6) is -2.59. The van der Waals surface area contributed by atoms with E-state index in [0.717, 1.165) is 37.8 Å². The van der Waals surface area contributed by atoms with Gasteiger partial charge in [0.2, 0.25) is 10.0 Å². The number of rotatable bonds is 5. The summed E-state index contributed by atoms with van der Waals surface area (Å²) in [5.41, 5.74) is 0.247. The summed E-state index contributed by atoms with van der Waals surface area (Å²) in [6.07, 6.45) is 3.42. The topological polar surface area (TPSA) is 37.4 Å². The molecule has 0 aliphatic heterocycles. The van der Waals surface area contributed by atoms with Crippen LogP contribution in [0.3, 0.4) is 0 Å². The van der Waals surface area contributed by atoms with E-state index in [1.165, 1.54) is 4.31 Å². The van der Waals surface area contributed by atoms with Crippen molar-refractivity contribution >= 4 is 21.6 Å². The van der Waals surface area contributed by atoms with Crippen LogP contribution in [0, 0.1) is 11.6 Å². The monoisotopic (exact) mass is 337 g/mol. The van der Waals surface area contributed by atoms with Gasteiger partial charge in [-0.1, -0.05) is 19.8 Å². The summed E-state index contributed by atoms with van der Waals surface area (Å²) < 4.78 is 54.2. The summed E-state index contributed by atoms with van der Waals surface area (Å²) in [6.45, 7) is 1.94. The fraction of sp³-hybridized carbons (Fsp3) is 0.571. The molecule has 0 heterocycles. The van der Waals surface area contributed by atoms with Crippen molar-refractivity contribution < 1.29 is 17.2 Å². The van der Waals surface area contributed by atoms with Gasteiger partial charge in [0.25, 0.3) is 0 Å². The third-order valence-corrected chi connectivity index (χ3v) is 6.17. The van der Waals surface area contributed by atoms with Gasteiger partial charge in [-0.05, 0) is 30.5 Å². The standard InChI is InChI=1S/C14H18ClF2NO2S/c1-2-18(11-5-3-4-6-11)21(19,20)13-8-10(9-15)7-12(16)14(13)17/h7-8,11H,2-6,9H2,1H3. The first-order valence-corrected chi connectivity index (χ1v) is 8.95. The Morgan fingerprint density at radius 3 is 2.43 bits per heavy atom. The van der Waals surface area contributed by atoms with E-state index in [4.69, 9.17) is 11.6 Å². The van der Waals surface area contributed by atoms with Crippen LogP contribution >= 0.6 is 11.6 Å². The molecule has 0 spiro atoms. The van der Waals surface area contributed by atoms with E-state index in [2.05, 4.69) is 0 Å². The van der Waals surface area contributed by atoms with Gasteiger partial charge < -0.3 is 0 Å². The average molecular weight is 338 g/mol. The second kappa shape index (κ2) is 6.58. The van der Waals surface area contributed by atoms with Crippen molar-refractivity contribution in [2.24, 2.45) is 0 Å². The minimum Gasteiger partial charge on any atom is -0.207 e. The Bertz CT molecular complexity index is 616. The molecular weight excluding hydrogens is 320 g/mol. The molecule has 21 heavy (non-hydrogen) atoms. The number of halogens is 3. The first-order chi connectivity index (χ1) is 9.91. The van der Waals surface area contributed by atoms with Crippen molar-refractivity contribution in [1.29, 1.82) is 0 Å². The van der Waals surface area contributed by atoms with Gasteiger partial charge in [-0.3, -0.25) is 0 Å². The van der Waals surface area contributed by atoms with Crippen molar-refractivity contribution in [3.8, 4) is 0 Å². The molecule has 3 nitrogen and oxygen atoms in total. The lowest BCUT2D eigenvalue weighted by atomic mass is 10.2. The summed E-state index contributed by atoms with van der Waals surface area (Å²) in [4.78, 5) is -0.619. The molecule has 1 aromatic rings. The molecule has 0 bridgehead atoms. The molecule has 7 heteroatoms. The van der Waals surface area contributed by atoms with Crippen molar-refractivity contribution in [3.63, 3.8) is 0 Å². The first kappa shape index (κ1) is 16.6. The highest BCUT2D eigenvalue weighted by Crippen LogP contribution is 2.30. The molecule has 1 aliphatic rings. The Hall–Kier alpha value is -0.720. The van der Waals surface area contributed by atoms with Gasteiger partial charge in [0.15, 0.2) is 11.6 Å². The minimum atomic E-state index is -4.06. The van der Waals surface area contributed by atoms with Crippen LogP contribution in [0.5, 0.6) is 0 Å². The van der Waals surface area contributed by atoms with Crippen molar-refractivity contribution in [2.45, 2.75) is 49.4 Å². The fourth-order valence-corrected chi connectivity index (χ4v) is 4.80. The zero-order valence-corrected chi connectivity index (χ0v) is 13.4. The third kappa shape index (κ3) is 3.22. The van der Waals surface area contributed by atoms with Crippen molar-refractivity contribution in [1.82, 2.24) is 4.31 Å². The predicted octanol–water partition coefficient (Wildman–Crippen LogP) is 3.66. The average Bonchev–Trinajstić information content (AvgIpc) is 2.95. The van der Waals surface area contributed by atoms with Crippen LogP contribution in [-0.2, 0) is 15.9 Å². The van der Waals surface area contributed by atoms with E-state index < -0.39 is 26.6 Å². The Labute approximate surface area is 129 Å². The van der Waals surface area contributed by atoms with Gasteiger partial charge in [0, 0.05) is 18.5 Å². The molecule has 0 amide bonds. The molecule has 1 aromatic carbocycles. The van der Waals surface area contributed by atoms with Crippen LogP contribution in [0.15, 0.2) is 17.0 Å². The smallest absolute Gasteiger partial charge is 0.207 e. The molecule has 0 atom stereocenters. The molecule has 1 aliphatic carbocycles. The van der Waals surface area contributed by atoms with E-state index in [0.29, 0.717) is 0 Å². The largest absolute Gasteiger partial charge is 0.246 e. The van der Waals surface area contributed by atoms with Crippen LogP contribution in [-0.4, -0.2) is 25.3 Å². The third-order valence-electron chi connectivity index (χ3n) is 3.84. The first-order valence-electron chi connectivity index (χ1n) is 6.97. The van der Waals surface area contributed by atoms with E-state index in [9.17, 15) is 17.2 Å². The van der Waals surface area contributed by atoms with Crippen LogP contribution in [0.1, 0.15) is 38.2 Å². The lowest BCUT2D eigenvalue weighted by Crippen LogP contribution is -2.39. The van der Waals surface area contributed by atoms with E-state index in [-0.39, 0.29) is 24.0 Å². The normalized spacial score (nSPS) is 16.8. The molecule has 0 N–H and O–H groups in total. The quantitative estimate of drug-likeness (QED) is 0.769. The van der Waals surface area contributed by atoms with Crippen LogP contribution < -0.4 is 0 Å². The van der Waals surface area contributed by atoms with Crippen molar-refractivity contribution in [3.05, 3.63) is 29.3 Å². The maximum absolute atomic E-state index is 14.0. The SMILES string of the molecule is CCN(C1CCCC1)S(=O)(=O)c1cc(CCl)cc(F)c1F. The molecule has 2 rings (SSSR count). The van der Waals surface area contributed by atoms with Gasteiger partial charge in [-0.25, -0.2) is 17.2 Å². The fourth-order valence-electron chi connectivity index (χ4n) is 2.83.